The maximum Gasteiger partial charge on any atom is 0.0900 e. The molecule has 12 heavy (non-hydrogen) atoms. The summed E-state index contributed by atoms with van der Waals surface area (Å²) in [5.74, 6) is 0. The van der Waals surface area contributed by atoms with Gasteiger partial charge in [0.15, 0.2) is 0 Å². The van der Waals surface area contributed by atoms with E-state index >= 15 is 0 Å². The third kappa shape index (κ3) is 1.91. The lowest BCUT2D eigenvalue weighted by atomic mass is 10.2. The molecule has 0 saturated heterocycles. The fourth-order valence-electron chi connectivity index (χ4n) is 1.08. The summed E-state index contributed by atoms with van der Waals surface area (Å²) in [5, 5.41) is 7.90. The molecule has 0 atom stereocenters. The van der Waals surface area contributed by atoms with Crippen LogP contribution in [0.5, 0.6) is 0 Å². The first-order valence-corrected chi connectivity index (χ1v) is 4.40. The molecule has 0 N–H and O–H groups in total. The van der Waals surface area contributed by atoms with E-state index in [1.807, 2.05) is 19.9 Å². The first-order chi connectivity index (χ1) is 5.97. The van der Waals surface area contributed by atoms with Gasteiger partial charge in [-0.3, -0.25) is 0 Å². The second-order valence-corrected chi connectivity index (χ2v) is 2.35. The minimum absolute atomic E-state index is 0.760. The summed E-state index contributed by atoms with van der Waals surface area (Å²) < 4.78 is 0. The molecule has 64 valence electrons. The summed E-state index contributed by atoms with van der Waals surface area (Å²) >= 11 is 0. The van der Waals surface area contributed by atoms with E-state index in [1.54, 1.807) is 0 Å². The average molecular weight is 162 g/mol. The van der Waals surface area contributed by atoms with Gasteiger partial charge in [0, 0.05) is 5.57 Å². The van der Waals surface area contributed by atoms with Crippen LogP contribution in [0.15, 0.2) is 45.8 Å². The number of hydrogen-bond acceptors (Lipinski definition) is 2. The van der Waals surface area contributed by atoms with Crippen molar-refractivity contribution in [3.05, 3.63) is 35.6 Å². The smallest absolute Gasteiger partial charge is 0.0900 e. The van der Waals surface area contributed by atoms with Crippen LogP contribution in [0.4, 0.5) is 0 Å². The third-order valence-electron chi connectivity index (χ3n) is 1.62. The summed E-state index contributed by atoms with van der Waals surface area (Å²) in [6.07, 6.45) is 9.39. The number of allylic oxidation sites excluding steroid dienone is 3. The highest BCUT2D eigenvalue weighted by molar-refractivity contribution is 5.37. The van der Waals surface area contributed by atoms with Gasteiger partial charge in [-0.05, 0) is 12.5 Å². The Hall–Kier alpha value is -1.18. The summed E-state index contributed by atoms with van der Waals surface area (Å²) in [5.41, 5.74) is 2.28. The monoisotopic (exact) mass is 162 g/mol. The average Bonchev–Trinajstić information content (AvgIpc) is 2.46. The Kier molecular flexibility index (Phi) is 3.45. The third-order valence-corrected chi connectivity index (χ3v) is 1.62. The van der Waals surface area contributed by atoms with Gasteiger partial charge in [-0.1, -0.05) is 32.1 Å². The fraction of sp³-hybridized carbons (Fsp3) is 0.400. The Bertz CT molecular complexity index is 257. The van der Waals surface area contributed by atoms with E-state index < -0.39 is 0 Å². The Morgan fingerprint density at radius 1 is 1.17 bits per heavy atom. The summed E-state index contributed by atoms with van der Waals surface area (Å²) in [6.45, 7) is 4.76. The Morgan fingerprint density at radius 2 is 1.92 bits per heavy atom. The van der Waals surface area contributed by atoms with Crippen LogP contribution in [0.3, 0.4) is 0 Å². The van der Waals surface area contributed by atoms with Crippen molar-refractivity contribution in [2.24, 2.45) is 10.2 Å². The summed E-state index contributed by atoms with van der Waals surface area (Å²) in [6, 6.07) is 0. The van der Waals surface area contributed by atoms with Crippen molar-refractivity contribution in [2.75, 3.05) is 6.54 Å². The molecule has 0 radical (unpaired) electrons. The maximum atomic E-state index is 3.98. The van der Waals surface area contributed by atoms with Crippen LogP contribution in [0.25, 0.3) is 0 Å². The van der Waals surface area contributed by atoms with Crippen LogP contribution in [0.2, 0.25) is 0 Å². The van der Waals surface area contributed by atoms with E-state index in [0.717, 1.165) is 18.7 Å². The second kappa shape index (κ2) is 4.65. The van der Waals surface area contributed by atoms with Crippen LogP contribution in [-0.4, -0.2) is 6.54 Å². The van der Waals surface area contributed by atoms with Gasteiger partial charge < -0.3 is 0 Å². The van der Waals surface area contributed by atoms with E-state index in [0.29, 0.717) is 0 Å². The molecule has 0 amide bonds. The minimum atomic E-state index is 0.760. The lowest BCUT2D eigenvalue weighted by Gasteiger charge is -1.87. The lowest BCUT2D eigenvalue weighted by molar-refractivity contribution is 1.10. The highest BCUT2D eigenvalue weighted by atomic mass is 15.1. The van der Waals surface area contributed by atoms with E-state index in [-0.39, 0.29) is 0 Å². The molecule has 2 rings (SSSR count). The number of nitrogens with zero attached hydrogens (tertiary/aromatic N) is 2. The molecule has 0 aromatic heterocycles. The van der Waals surface area contributed by atoms with Crippen molar-refractivity contribution in [1.82, 2.24) is 0 Å². The van der Waals surface area contributed by atoms with E-state index in [4.69, 9.17) is 0 Å². The molecule has 0 fully saturated rings. The van der Waals surface area contributed by atoms with Crippen molar-refractivity contribution in [2.45, 2.75) is 20.3 Å². The molecule has 1 aliphatic heterocycles. The van der Waals surface area contributed by atoms with E-state index in [2.05, 4.69) is 28.5 Å². The molecule has 2 aliphatic rings. The first kappa shape index (κ1) is 8.91. The molecular weight excluding hydrogens is 148 g/mol. The molecule has 1 heterocycles. The highest BCUT2D eigenvalue weighted by Crippen LogP contribution is 2.19. The van der Waals surface area contributed by atoms with Crippen molar-refractivity contribution >= 4 is 0 Å². The Balaban J connectivity index is 0.000000336. The SMILES string of the molecule is C1=CC2=C(C=CC1)N=NC2.CC. The molecule has 2 nitrogen and oxygen atoms in total. The summed E-state index contributed by atoms with van der Waals surface area (Å²) in [4.78, 5) is 0. The lowest BCUT2D eigenvalue weighted by Crippen LogP contribution is -1.79. The minimum Gasteiger partial charge on any atom is -0.184 e. The molecule has 0 aromatic rings. The molecule has 0 aromatic carbocycles. The highest BCUT2D eigenvalue weighted by Gasteiger charge is 2.06. The van der Waals surface area contributed by atoms with E-state index in [1.165, 1.54) is 5.57 Å². The fourth-order valence-corrected chi connectivity index (χ4v) is 1.08. The Morgan fingerprint density at radius 3 is 2.75 bits per heavy atom. The van der Waals surface area contributed by atoms with Crippen LogP contribution in [0, 0.1) is 0 Å². The van der Waals surface area contributed by atoms with Crippen molar-refractivity contribution in [1.29, 1.82) is 0 Å². The molecular formula is C10H14N2. The summed E-state index contributed by atoms with van der Waals surface area (Å²) in [7, 11) is 0. The number of rotatable bonds is 0. The zero-order valence-corrected chi connectivity index (χ0v) is 7.62. The van der Waals surface area contributed by atoms with Crippen LogP contribution < -0.4 is 0 Å². The molecule has 0 unspecified atom stereocenters. The van der Waals surface area contributed by atoms with Crippen molar-refractivity contribution in [3.63, 3.8) is 0 Å². The van der Waals surface area contributed by atoms with Crippen LogP contribution in [0.1, 0.15) is 20.3 Å². The largest absolute Gasteiger partial charge is 0.184 e. The Labute approximate surface area is 73.4 Å². The normalized spacial score (nSPS) is 18.5. The van der Waals surface area contributed by atoms with Crippen LogP contribution in [-0.2, 0) is 0 Å². The molecule has 1 aliphatic carbocycles. The standard InChI is InChI=1S/C8H8N2.C2H6/c1-2-4-7-6-9-10-8(7)5-3-1;1-2/h2-5H,1,6H2;1-2H3. The van der Waals surface area contributed by atoms with Gasteiger partial charge in [0.05, 0.1) is 12.2 Å². The van der Waals surface area contributed by atoms with Gasteiger partial charge >= 0.3 is 0 Å². The van der Waals surface area contributed by atoms with Gasteiger partial charge in [-0.25, -0.2) is 0 Å². The first-order valence-electron chi connectivity index (χ1n) is 4.40. The predicted molar refractivity (Wildman–Crippen MR) is 51.0 cm³/mol. The van der Waals surface area contributed by atoms with Gasteiger partial charge in [0.1, 0.15) is 0 Å². The molecule has 0 bridgehead atoms. The van der Waals surface area contributed by atoms with Crippen molar-refractivity contribution < 1.29 is 0 Å². The number of azo groups is 1. The predicted octanol–water partition coefficient (Wildman–Crippen LogP) is 3.25. The van der Waals surface area contributed by atoms with Gasteiger partial charge in [-0.15, -0.1) is 0 Å². The van der Waals surface area contributed by atoms with Crippen molar-refractivity contribution in [3.8, 4) is 0 Å². The van der Waals surface area contributed by atoms with Gasteiger partial charge in [0.2, 0.25) is 0 Å². The quantitative estimate of drug-likeness (QED) is 0.522. The van der Waals surface area contributed by atoms with Crippen LogP contribution >= 0.6 is 0 Å². The van der Waals surface area contributed by atoms with Gasteiger partial charge in [-0.2, -0.15) is 10.2 Å². The zero-order chi connectivity index (χ0) is 8.81. The number of hydrogen-bond donors (Lipinski definition) is 0. The topological polar surface area (TPSA) is 24.7 Å². The zero-order valence-electron chi connectivity index (χ0n) is 7.62. The second-order valence-electron chi connectivity index (χ2n) is 2.35. The molecule has 0 saturated carbocycles. The molecule has 2 heteroatoms. The molecule has 0 spiro atoms. The maximum absolute atomic E-state index is 3.98. The van der Waals surface area contributed by atoms with Gasteiger partial charge in [0.25, 0.3) is 0 Å². The van der Waals surface area contributed by atoms with E-state index in [9.17, 15) is 0 Å².